The number of thiol groups is 1. The topological polar surface area (TPSA) is 12.0 Å². The normalized spacial score (nSPS) is 18.0. The Balaban J connectivity index is 3.70. The molecule has 9 heavy (non-hydrogen) atoms. The molecule has 0 aliphatic heterocycles. The Morgan fingerprint density at radius 1 is 1.56 bits per heavy atom. The molecule has 0 rings (SSSR count). The van der Waals surface area contributed by atoms with Crippen molar-refractivity contribution in [1.82, 2.24) is 5.32 Å². The molecule has 0 aliphatic carbocycles. The van der Waals surface area contributed by atoms with Crippen molar-refractivity contribution in [3.05, 3.63) is 0 Å². The van der Waals surface area contributed by atoms with Crippen LogP contribution in [0.4, 0.5) is 0 Å². The van der Waals surface area contributed by atoms with E-state index in [9.17, 15) is 0 Å². The molecular weight excluding hydrogens is 130 g/mol. The molecule has 0 amide bonds. The van der Waals surface area contributed by atoms with Crippen LogP contribution in [0.15, 0.2) is 0 Å². The summed E-state index contributed by atoms with van der Waals surface area (Å²) in [5.74, 6) is 0.570. The highest BCUT2D eigenvalue weighted by atomic mass is 32.1. The van der Waals surface area contributed by atoms with E-state index in [4.69, 9.17) is 0 Å². The molecular formula is C7H17NS. The fourth-order valence-electron chi connectivity index (χ4n) is 0.562. The lowest BCUT2D eigenvalue weighted by Crippen LogP contribution is -2.41. The van der Waals surface area contributed by atoms with Crippen LogP contribution >= 0.6 is 12.6 Å². The molecule has 1 unspecified atom stereocenters. The number of hydrogen-bond donors (Lipinski definition) is 2. The maximum atomic E-state index is 4.45. The van der Waals surface area contributed by atoms with Crippen LogP contribution < -0.4 is 5.32 Å². The van der Waals surface area contributed by atoms with Gasteiger partial charge in [0.1, 0.15) is 0 Å². The monoisotopic (exact) mass is 147 g/mol. The third-order valence-corrected chi connectivity index (χ3v) is 2.33. The Morgan fingerprint density at radius 3 is 2.11 bits per heavy atom. The van der Waals surface area contributed by atoms with E-state index in [1.54, 1.807) is 0 Å². The standard InChI is InChI=1S/C7H17NS/c1-5-8-7(4,9)6(2)3/h6,8-9H,5H2,1-4H3. The molecule has 0 radical (unpaired) electrons. The van der Waals surface area contributed by atoms with Crippen molar-refractivity contribution >= 4 is 12.6 Å². The highest BCUT2D eigenvalue weighted by Gasteiger charge is 2.20. The van der Waals surface area contributed by atoms with E-state index in [1.807, 2.05) is 0 Å². The first kappa shape index (κ1) is 9.31. The van der Waals surface area contributed by atoms with E-state index >= 15 is 0 Å². The summed E-state index contributed by atoms with van der Waals surface area (Å²) in [5.41, 5.74) is 0. The Morgan fingerprint density at radius 2 is 2.00 bits per heavy atom. The van der Waals surface area contributed by atoms with Gasteiger partial charge >= 0.3 is 0 Å². The van der Waals surface area contributed by atoms with Gasteiger partial charge in [-0.25, -0.2) is 0 Å². The van der Waals surface area contributed by atoms with Crippen molar-refractivity contribution in [3.63, 3.8) is 0 Å². The average Bonchev–Trinajstić information content (AvgIpc) is 1.65. The average molecular weight is 147 g/mol. The third-order valence-electron chi connectivity index (χ3n) is 1.66. The van der Waals surface area contributed by atoms with Crippen LogP contribution in [-0.4, -0.2) is 11.4 Å². The fraction of sp³-hybridized carbons (Fsp3) is 1.00. The number of hydrogen-bond acceptors (Lipinski definition) is 2. The van der Waals surface area contributed by atoms with Gasteiger partial charge in [0.05, 0.1) is 4.87 Å². The number of nitrogens with one attached hydrogen (secondary N) is 1. The van der Waals surface area contributed by atoms with Crippen LogP contribution in [0.1, 0.15) is 27.7 Å². The van der Waals surface area contributed by atoms with E-state index in [0.29, 0.717) is 5.92 Å². The molecule has 0 spiro atoms. The maximum absolute atomic E-state index is 4.45. The fourth-order valence-corrected chi connectivity index (χ4v) is 0.720. The van der Waals surface area contributed by atoms with E-state index in [0.717, 1.165) is 6.54 Å². The molecule has 0 heterocycles. The van der Waals surface area contributed by atoms with Gasteiger partial charge in [-0.3, -0.25) is 0 Å². The zero-order chi connectivity index (χ0) is 7.49. The predicted molar refractivity (Wildman–Crippen MR) is 45.9 cm³/mol. The number of rotatable bonds is 3. The van der Waals surface area contributed by atoms with Crippen molar-refractivity contribution in [2.75, 3.05) is 6.54 Å². The predicted octanol–water partition coefficient (Wildman–Crippen LogP) is 1.90. The Bertz CT molecular complexity index is 79.0. The minimum Gasteiger partial charge on any atom is -0.303 e. The SMILES string of the molecule is CCNC(C)(S)C(C)C. The summed E-state index contributed by atoms with van der Waals surface area (Å²) in [6.07, 6.45) is 0. The van der Waals surface area contributed by atoms with Crippen LogP contribution in [0.25, 0.3) is 0 Å². The van der Waals surface area contributed by atoms with Gasteiger partial charge in [-0.1, -0.05) is 20.8 Å². The van der Waals surface area contributed by atoms with E-state index < -0.39 is 0 Å². The zero-order valence-corrected chi connectivity index (χ0v) is 7.63. The second kappa shape index (κ2) is 3.47. The summed E-state index contributed by atoms with van der Waals surface area (Å²) in [6.45, 7) is 9.50. The van der Waals surface area contributed by atoms with Crippen molar-refractivity contribution in [3.8, 4) is 0 Å². The minimum absolute atomic E-state index is 0.00521. The van der Waals surface area contributed by atoms with Gasteiger partial charge in [0.15, 0.2) is 0 Å². The first-order valence-electron chi connectivity index (χ1n) is 3.48. The van der Waals surface area contributed by atoms with Crippen molar-refractivity contribution < 1.29 is 0 Å². The summed E-state index contributed by atoms with van der Waals surface area (Å²) in [7, 11) is 0. The first-order valence-corrected chi connectivity index (χ1v) is 3.92. The molecule has 0 aliphatic rings. The molecule has 2 heteroatoms. The van der Waals surface area contributed by atoms with Gasteiger partial charge < -0.3 is 5.32 Å². The highest BCUT2D eigenvalue weighted by molar-refractivity contribution is 7.81. The molecule has 0 saturated heterocycles. The van der Waals surface area contributed by atoms with Gasteiger partial charge in [0.25, 0.3) is 0 Å². The van der Waals surface area contributed by atoms with E-state index in [-0.39, 0.29) is 4.87 Å². The van der Waals surface area contributed by atoms with Crippen molar-refractivity contribution in [2.45, 2.75) is 32.6 Å². The molecule has 1 nitrogen and oxygen atoms in total. The van der Waals surface area contributed by atoms with Crippen LogP contribution in [0.5, 0.6) is 0 Å². The molecule has 0 saturated carbocycles. The highest BCUT2D eigenvalue weighted by Crippen LogP contribution is 2.19. The second-order valence-electron chi connectivity index (χ2n) is 2.83. The summed E-state index contributed by atoms with van der Waals surface area (Å²) < 4.78 is 0. The van der Waals surface area contributed by atoms with Gasteiger partial charge in [-0.2, -0.15) is 12.6 Å². The molecule has 1 atom stereocenters. The summed E-state index contributed by atoms with van der Waals surface area (Å²) in [6, 6.07) is 0. The van der Waals surface area contributed by atoms with Crippen LogP contribution in [-0.2, 0) is 0 Å². The largest absolute Gasteiger partial charge is 0.303 e. The molecule has 0 aromatic heterocycles. The van der Waals surface area contributed by atoms with Gasteiger partial charge in [-0.05, 0) is 19.4 Å². The smallest absolute Gasteiger partial charge is 0.0610 e. The zero-order valence-electron chi connectivity index (χ0n) is 6.73. The van der Waals surface area contributed by atoms with Crippen molar-refractivity contribution in [2.24, 2.45) is 5.92 Å². The minimum atomic E-state index is -0.00521. The molecule has 0 aromatic carbocycles. The summed E-state index contributed by atoms with van der Waals surface area (Å²) >= 11 is 4.45. The molecule has 1 N–H and O–H groups in total. The quantitative estimate of drug-likeness (QED) is 0.459. The van der Waals surface area contributed by atoms with Crippen LogP contribution in [0, 0.1) is 5.92 Å². The van der Waals surface area contributed by atoms with Crippen molar-refractivity contribution in [1.29, 1.82) is 0 Å². The van der Waals surface area contributed by atoms with E-state index in [1.165, 1.54) is 0 Å². The lowest BCUT2D eigenvalue weighted by Gasteiger charge is -2.28. The Labute approximate surface area is 63.6 Å². The van der Waals surface area contributed by atoms with Crippen LogP contribution in [0.3, 0.4) is 0 Å². The first-order chi connectivity index (χ1) is 4.00. The lowest BCUT2D eigenvalue weighted by atomic mass is 10.1. The molecule has 0 bridgehead atoms. The third kappa shape index (κ3) is 3.11. The Kier molecular flexibility index (Phi) is 3.59. The van der Waals surface area contributed by atoms with Gasteiger partial charge in [0, 0.05) is 0 Å². The molecule has 56 valence electrons. The maximum Gasteiger partial charge on any atom is 0.0610 e. The van der Waals surface area contributed by atoms with Gasteiger partial charge in [-0.15, -0.1) is 0 Å². The summed E-state index contributed by atoms with van der Waals surface area (Å²) in [4.78, 5) is -0.00521. The molecule has 0 fully saturated rings. The van der Waals surface area contributed by atoms with Gasteiger partial charge in [0.2, 0.25) is 0 Å². The Hall–Kier alpha value is 0.310. The summed E-state index contributed by atoms with van der Waals surface area (Å²) in [5, 5.41) is 3.29. The second-order valence-corrected chi connectivity index (χ2v) is 3.76. The lowest BCUT2D eigenvalue weighted by molar-refractivity contribution is 0.397. The molecule has 0 aromatic rings. The van der Waals surface area contributed by atoms with Crippen LogP contribution in [0.2, 0.25) is 0 Å². The van der Waals surface area contributed by atoms with E-state index in [2.05, 4.69) is 45.6 Å².